The Morgan fingerprint density at radius 1 is 1.37 bits per heavy atom. The molecule has 8 heteroatoms. The van der Waals surface area contributed by atoms with E-state index >= 15 is 0 Å². The third kappa shape index (κ3) is 2.53. The molecule has 2 aromatic rings. The van der Waals surface area contributed by atoms with Crippen LogP contribution in [-0.4, -0.2) is 29.3 Å². The predicted molar refractivity (Wildman–Crippen MR) is 74.3 cm³/mol. The summed E-state index contributed by atoms with van der Waals surface area (Å²) in [5.41, 5.74) is 4.83. The topological polar surface area (TPSA) is 91.6 Å². The monoisotopic (exact) mass is 278 g/mol. The lowest BCUT2D eigenvalue weighted by molar-refractivity contribution is 0.381. The maximum absolute atomic E-state index is 12.3. The Kier molecular flexibility index (Phi) is 3.19. The van der Waals surface area contributed by atoms with Crippen molar-refractivity contribution in [1.82, 2.24) is 24.3 Å². The van der Waals surface area contributed by atoms with Crippen LogP contribution in [0.1, 0.15) is 26.6 Å². The standard InChI is InChI=1S/C11H14N6OS/c1-11(2,3)16-5-4-13-9(10(16)18)17-6-14-8(15-17)7(12)19/h4-6H,1-3H3,(H2,12,19). The minimum atomic E-state index is -0.346. The first-order valence-electron chi connectivity index (χ1n) is 5.60. The maximum atomic E-state index is 12.3. The van der Waals surface area contributed by atoms with Crippen molar-refractivity contribution in [3.05, 3.63) is 34.9 Å². The fraction of sp³-hybridized carbons (Fsp3) is 0.364. The highest BCUT2D eigenvalue weighted by Gasteiger charge is 2.18. The Morgan fingerprint density at radius 3 is 2.58 bits per heavy atom. The molecule has 0 aliphatic rings. The van der Waals surface area contributed by atoms with Crippen LogP contribution in [0.2, 0.25) is 0 Å². The van der Waals surface area contributed by atoms with Gasteiger partial charge in [0.25, 0.3) is 5.56 Å². The van der Waals surface area contributed by atoms with E-state index in [0.29, 0.717) is 0 Å². The highest BCUT2D eigenvalue weighted by Crippen LogP contribution is 2.10. The van der Waals surface area contributed by atoms with E-state index in [1.807, 2.05) is 20.8 Å². The molecule has 0 radical (unpaired) electrons. The number of hydrogen-bond acceptors (Lipinski definition) is 5. The third-order valence-electron chi connectivity index (χ3n) is 2.47. The first-order chi connectivity index (χ1) is 8.80. The normalized spacial score (nSPS) is 11.5. The molecule has 2 heterocycles. The minimum Gasteiger partial charge on any atom is -0.387 e. The summed E-state index contributed by atoms with van der Waals surface area (Å²) in [7, 11) is 0. The van der Waals surface area contributed by atoms with Crippen molar-refractivity contribution in [2.45, 2.75) is 26.3 Å². The van der Waals surface area contributed by atoms with Crippen molar-refractivity contribution >= 4 is 17.2 Å². The van der Waals surface area contributed by atoms with Crippen molar-refractivity contribution < 1.29 is 0 Å². The van der Waals surface area contributed by atoms with Gasteiger partial charge in [-0.25, -0.2) is 9.97 Å². The second kappa shape index (κ2) is 4.54. The van der Waals surface area contributed by atoms with Gasteiger partial charge >= 0.3 is 0 Å². The zero-order chi connectivity index (χ0) is 14.2. The van der Waals surface area contributed by atoms with Gasteiger partial charge in [0.05, 0.1) is 0 Å². The van der Waals surface area contributed by atoms with E-state index in [-0.39, 0.29) is 27.7 Å². The Labute approximate surface area is 115 Å². The summed E-state index contributed by atoms with van der Waals surface area (Å²) in [6, 6.07) is 0. The summed E-state index contributed by atoms with van der Waals surface area (Å²) >= 11 is 4.78. The summed E-state index contributed by atoms with van der Waals surface area (Å²) in [4.78, 5) is 20.4. The molecule has 0 spiro atoms. The van der Waals surface area contributed by atoms with Crippen molar-refractivity contribution in [1.29, 1.82) is 0 Å². The molecule has 0 unspecified atom stereocenters. The Bertz CT molecular complexity index is 681. The van der Waals surface area contributed by atoms with Gasteiger partial charge in [-0.15, -0.1) is 5.10 Å². The number of aromatic nitrogens is 5. The van der Waals surface area contributed by atoms with Crippen LogP contribution in [0.5, 0.6) is 0 Å². The summed E-state index contributed by atoms with van der Waals surface area (Å²) in [6.07, 6.45) is 4.55. The summed E-state index contributed by atoms with van der Waals surface area (Å²) in [5, 5.41) is 4.03. The third-order valence-corrected chi connectivity index (χ3v) is 2.66. The van der Waals surface area contributed by atoms with E-state index in [1.54, 1.807) is 17.0 Å². The van der Waals surface area contributed by atoms with Crippen LogP contribution in [0.15, 0.2) is 23.5 Å². The zero-order valence-corrected chi connectivity index (χ0v) is 11.7. The number of hydrogen-bond donors (Lipinski definition) is 1. The molecule has 0 amide bonds. The van der Waals surface area contributed by atoms with Gasteiger partial charge in [0.15, 0.2) is 0 Å². The maximum Gasteiger partial charge on any atom is 0.296 e. The van der Waals surface area contributed by atoms with E-state index in [1.165, 1.54) is 11.0 Å². The molecular formula is C11H14N6OS. The predicted octanol–water partition coefficient (Wildman–Crippen LogP) is 0.213. The molecule has 0 fully saturated rings. The first-order valence-corrected chi connectivity index (χ1v) is 6.01. The second-order valence-corrected chi connectivity index (χ2v) is 5.41. The fourth-order valence-corrected chi connectivity index (χ4v) is 1.66. The van der Waals surface area contributed by atoms with E-state index in [2.05, 4.69) is 15.1 Å². The highest BCUT2D eigenvalue weighted by atomic mass is 32.1. The molecular weight excluding hydrogens is 264 g/mol. The summed E-state index contributed by atoms with van der Waals surface area (Å²) < 4.78 is 2.86. The highest BCUT2D eigenvalue weighted by molar-refractivity contribution is 7.80. The number of nitrogens with zero attached hydrogens (tertiary/aromatic N) is 5. The quantitative estimate of drug-likeness (QED) is 0.790. The molecule has 0 aliphatic carbocycles. The molecule has 0 saturated heterocycles. The Balaban J connectivity index is 2.57. The lowest BCUT2D eigenvalue weighted by atomic mass is 10.1. The first kappa shape index (κ1) is 13.3. The molecule has 19 heavy (non-hydrogen) atoms. The number of nitrogens with two attached hydrogens (primary N) is 1. The van der Waals surface area contributed by atoms with Crippen molar-refractivity contribution in [3.8, 4) is 5.82 Å². The van der Waals surface area contributed by atoms with Crippen molar-refractivity contribution in [3.63, 3.8) is 0 Å². The molecule has 2 aromatic heterocycles. The van der Waals surface area contributed by atoms with Crippen LogP contribution in [-0.2, 0) is 5.54 Å². The van der Waals surface area contributed by atoms with Gasteiger partial charge in [-0.05, 0) is 20.8 Å². The molecule has 100 valence electrons. The minimum absolute atomic E-state index is 0.0748. The van der Waals surface area contributed by atoms with E-state index < -0.39 is 0 Å². The van der Waals surface area contributed by atoms with Crippen LogP contribution < -0.4 is 11.3 Å². The van der Waals surface area contributed by atoms with Gasteiger partial charge in [0.2, 0.25) is 11.6 Å². The molecule has 0 aromatic carbocycles. The average Bonchev–Trinajstić information content (AvgIpc) is 2.77. The van der Waals surface area contributed by atoms with Crippen molar-refractivity contribution in [2.75, 3.05) is 0 Å². The van der Waals surface area contributed by atoms with E-state index in [9.17, 15) is 4.79 Å². The number of thiocarbonyl (C=S) groups is 1. The summed E-state index contributed by atoms with van der Waals surface area (Å²) in [5.74, 6) is 0.370. The van der Waals surface area contributed by atoms with Crippen LogP contribution in [0.3, 0.4) is 0 Å². The summed E-state index contributed by atoms with van der Waals surface area (Å²) in [6.45, 7) is 5.79. The zero-order valence-electron chi connectivity index (χ0n) is 10.9. The molecule has 7 nitrogen and oxygen atoms in total. The van der Waals surface area contributed by atoms with Gasteiger partial charge in [-0.2, -0.15) is 4.68 Å². The van der Waals surface area contributed by atoms with Gasteiger partial charge in [-0.1, -0.05) is 12.2 Å². The fourth-order valence-electron chi connectivity index (χ4n) is 1.56. The largest absolute Gasteiger partial charge is 0.387 e. The number of rotatable bonds is 2. The molecule has 0 bridgehead atoms. The molecule has 0 saturated carbocycles. The van der Waals surface area contributed by atoms with E-state index in [4.69, 9.17) is 18.0 Å². The van der Waals surface area contributed by atoms with Gasteiger partial charge in [-0.3, -0.25) is 4.79 Å². The van der Waals surface area contributed by atoms with Gasteiger partial charge in [0, 0.05) is 17.9 Å². The molecule has 0 aliphatic heterocycles. The van der Waals surface area contributed by atoms with E-state index in [0.717, 1.165) is 0 Å². The van der Waals surface area contributed by atoms with Crippen LogP contribution in [0.4, 0.5) is 0 Å². The van der Waals surface area contributed by atoms with Gasteiger partial charge in [0.1, 0.15) is 11.3 Å². The smallest absolute Gasteiger partial charge is 0.296 e. The van der Waals surface area contributed by atoms with Crippen LogP contribution in [0.25, 0.3) is 5.82 Å². The average molecular weight is 278 g/mol. The van der Waals surface area contributed by atoms with Crippen LogP contribution >= 0.6 is 12.2 Å². The molecule has 2 rings (SSSR count). The molecule has 0 atom stereocenters. The second-order valence-electron chi connectivity index (χ2n) is 4.97. The van der Waals surface area contributed by atoms with Crippen LogP contribution in [0, 0.1) is 0 Å². The lowest BCUT2D eigenvalue weighted by Gasteiger charge is -2.22. The lowest BCUT2D eigenvalue weighted by Crippen LogP contribution is -2.36. The Hall–Kier alpha value is -2.09. The SMILES string of the molecule is CC(C)(C)n1ccnc(-n2cnc(C(N)=S)n2)c1=O. The van der Waals surface area contributed by atoms with Crippen molar-refractivity contribution in [2.24, 2.45) is 5.73 Å². The van der Waals surface area contributed by atoms with Gasteiger partial charge < -0.3 is 10.3 Å². The molecule has 2 N–H and O–H groups in total. The Morgan fingerprint density at radius 2 is 2.05 bits per heavy atom.